The predicted octanol–water partition coefficient (Wildman–Crippen LogP) is 4.59. The second-order valence-electron chi connectivity index (χ2n) is 6.45. The summed E-state index contributed by atoms with van der Waals surface area (Å²) in [6.45, 7) is 0.245. The highest BCUT2D eigenvalue weighted by molar-refractivity contribution is 6.16. The molecule has 0 unspecified atom stereocenters. The summed E-state index contributed by atoms with van der Waals surface area (Å²) in [6.07, 6.45) is 3.13. The van der Waals surface area contributed by atoms with Gasteiger partial charge >= 0.3 is 5.97 Å². The number of pyridine rings is 1. The molecule has 6 nitrogen and oxygen atoms in total. The van der Waals surface area contributed by atoms with Crippen LogP contribution in [0.1, 0.15) is 11.1 Å². The molecule has 0 aliphatic carbocycles. The van der Waals surface area contributed by atoms with Crippen LogP contribution >= 0.6 is 0 Å². The summed E-state index contributed by atoms with van der Waals surface area (Å²) in [5, 5.41) is 0. The summed E-state index contributed by atoms with van der Waals surface area (Å²) in [4.78, 5) is 18.6. The van der Waals surface area contributed by atoms with Crippen LogP contribution in [-0.2, 0) is 20.9 Å². The fourth-order valence-corrected chi connectivity index (χ4v) is 2.97. The van der Waals surface area contributed by atoms with Gasteiger partial charge in [-0.15, -0.1) is 0 Å². The first-order chi connectivity index (χ1) is 14.6. The molecule has 3 rings (SSSR count). The van der Waals surface area contributed by atoms with E-state index < -0.39 is 5.97 Å². The smallest absolute Gasteiger partial charge is 0.341 e. The summed E-state index contributed by atoms with van der Waals surface area (Å²) in [5.41, 5.74) is 3.85. The molecule has 0 fully saturated rings. The van der Waals surface area contributed by atoms with Gasteiger partial charge in [-0.2, -0.15) is 0 Å². The maximum absolute atomic E-state index is 12.1. The molecule has 0 bridgehead atoms. The van der Waals surface area contributed by atoms with Gasteiger partial charge in [0.25, 0.3) is 0 Å². The minimum absolute atomic E-state index is 0.245. The molecule has 0 atom stereocenters. The molecule has 0 radical (unpaired) electrons. The zero-order chi connectivity index (χ0) is 21.3. The van der Waals surface area contributed by atoms with Crippen LogP contribution in [0.2, 0.25) is 0 Å². The first kappa shape index (κ1) is 20.9. The molecule has 1 aromatic heterocycles. The topological polar surface area (TPSA) is 60.9 Å². The van der Waals surface area contributed by atoms with Gasteiger partial charge in [0.1, 0.15) is 12.2 Å². The van der Waals surface area contributed by atoms with Crippen LogP contribution in [0.4, 0.5) is 11.4 Å². The Bertz CT molecular complexity index is 1000. The third-order valence-electron chi connectivity index (χ3n) is 4.58. The quantitative estimate of drug-likeness (QED) is 0.311. The molecule has 6 heteroatoms. The van der Waals surface area contributed by atoms with E-state index >= 15 is 0 Å². The van der Waals surface area contributed by atoms with Gasteiger partial charge in [-0.3, -0.25) is 0 Å². The zero-order valence-corrected chi connectivity index (χ0v) is 17.2. The minimum atomic E-state index is -0.476. The van der Waals surface area contributed by atoms with Crippen molar-refractivity contribution in [3.63, 3.8) is 0 Å². The molecule has 30 heavy (non-hydrogen) atoms. The summed E-state index contributed by atoms with van der Waals surface area (Å²) in [6, 6.07) is 21.3. The van der Waals surface area contributed by atoms with E-state index in [4.69, 9.17) is 14.2 Å². The summed E-state index contributed by atoms with van der Waals surface area (Å²) >= 11 is 0. The molecule has 0 spiro atoms. The summed E-state index contributed by atoms with van der Waals surface area (Å²) in [5.74, 6) is 0.0149. The third kappa shape index (κ3) is 4.97. The molecule has 2 aromatic carbocycles. The van der Waals surface area contributed by atoms with Gasteiger partial charge in [0.2, 0.25) is 5.88 Å². The second kappa shape index (κ2) is 10.1. The van der Waals surface area contributed by atoms with Crippen molar-refractivity contribution in [3.05, 3.63) is 90.3 Å². The number of anilines is 2. The average molecular weight is 404 g/mol. The Hall–Kier alpha value is -3.80. The first-order valence-corrected chi connectivity index (χ1v) is 9.41. The number of rotatable bonds is 8. The molecule has 0 N–H and O–H groups in total. The standard InChI is InChI=1S/C24H24N2O4/c1-26(19-10-5-4-6-11-19)20-13-14-23(25-15-20)30-16-18-9-7-8-12-21(18)22(17-28-2)24(27)29-3/h4-15,17H,16H2,1-3H3. The Morgan fingerprint density at radius 2 is 1.70 bits per heavy atom. The average Bonchev–Trinajstić information content (AvgIpc) is 2.81. The number of carbonyl (C=O) groups excluding carboxylic acids is 1. The van der Waals surface area contributed by atoms with Gasteiger partial charge in [-0.05, 0) is 29.3 Å². The highest BCUT2D eigenvalue weighted by Gasteiger charge is 2.17. The van der Waals surface area contributed by atoms with Crippen LogP contribution in [0.25, 0.3) is 5.57 Å². The maximum atomic E-state index is 12.1. The van der Waals surface area contributed by atoms with Crippen molar-refractivity contribution in [2.24, 2.45) is 0 Å². The van der Waals surface area contributed by atoms with E-state index in [1.54, 1.807) is 6.20 Å². The Morgan fingerprint density at radius 3 is 2.37 bits per heavy atom. The van der Waals surface area contributed by atoms with Gasteiger partial charge in [-0.25, -0.2) is 9.78 Å². The second-order valence-corrected chi connectivity index (χ2v) is 6.45. The van der Waals surface area contributed by atoms with Gasteiger partial charge in [0.05, 0.1) is 32.4 Å². The number of methoxy groups -OCH3 is 2. The number of hydrogen-bond donors (Lipinski definition) is 0. The van der Waals surface area contributed by atoms with Crippen LogP contribution in [0.3, 0.4) is 0 Å². The van der Waals surface area contributed by atoms with E-state index in [1.807, 2.05) is 78.7 Å². The van der Waals surface area contributed by atoms with Crippen LogP contribution in [0, 0.1) is 0 Å². The van der Waals surface area contributed by atoms with E-state index in [9.17, 15) is 4.79 Å². The molecule has 0 saturated heterocycles. The van der Waals surface area contributed by atoms with Gasteiger partial charge in [0, 0.05) is 18.8 Å². The van der Waals surface area contributed by atoms with Crippen molar-refractivity contribution in [1.82, 2.24) is 4.98 Å². The normalized spacial score (nSPS) is 11.0. The number of ether oxygens (including phenoxy) is 3. The van der Waals surface area contributed by atoms with Crippen molar-refractivity contribution >= 4 is 22.9 Å². The lowest BCUT2D eigenvalue weighted by Gasteiger charge is -2.19. The van der Waals surface area contributed by atoms with Gasteiger partial charge in [-0.1, -0.05) is 42.5 Å². The number of hydrogen-bond acceptors (Lipinski definition) is 6. The van der Waals surface area contributed by atoms with Crippen LogP contribution in [0.15, 0.2) is 79.2 Å². The number of carbonyl (C=O) groups is 1. The molecule has 0 aliphatic heterocycles. The summed E-state index contributed by atoms with van der Waals surface area (Å²) in [7, 11) is 4.81. The van der Waals surface area contributed by atoms with Crippen molar-refractivity contribution in [3.8, 4) is 5.88 Å². The molecular weight excluding hydrogens is 380 g/mol. The lowest BCUT2D eigenvalue weighted by atomic mass is 10.0. The van der Waals surface area contributed by atoms with Crippen LogP contribution < -0.4 is 9.64 Å². The molecule has 0 saturated carbocycles. The largest absolute Gasteiger partial charge is 0.503 e. The van der Waals surface area contributed by atoms with Crippen LogP contribution in [-0.4, -0.2) is 32.2 Å². The number of aromatic nitrogens is 1. The molecular formula is C24H24N2O4. The van der Waals surface area contributed by atoms with E-state index in [-0.39, 0.29) is 6.61 Å². The highest BCUT2D eigenvalue weighted by atomic mass is 16.5. The van der Waals surface area contributed by atoms with E-state index in [2.05, 4.69) is 4.98 Å². The monoisotopic (exact) mass is 404 g/mol. The SMILES string of the molecule is COC=C(C(=O)OC)c1ccccc1COc1ccc(N(C)c2ccccc2)cn1. The van der Waals surface area contributed by atoms with E-state index in [1.165, 1.54) is 20.5 Å². The maximum Gasteiger partial charge on any atom is 0.341 e. The Labute approximate surface area is 176 Å². The van der Waals surface area contributed by atoms with E-state index in [0.717, 1.165) is 16.9 Å². The molecule has 3 aromatic rings. The van der Waals surface area contributed by atoms with Gasteiger partial charge < -0.3 is 19.1 Å². The number of nitrogens with zero attached hydrogens (tertiary/aromatic N) is 2. The van der Waals surface area contributed by atoms with Crippen molar-refractivity contribution < 1.29 is 19.0 Å². The minimum Gasteiger partial charge on any atom is -0.503 e. The Morgan fingerprint density at radius 1 is 0.967 bits per heavy atom. The first-order valence-electron chi connectivity index (χ1n) is 9.41. The molecule has 154 valence electrons. The number of esters is 1. The fourth-order valence-electron chi connectivity index (χ4n) is 2.97. The predicted molar refractivity (Wildman–Crippen MR) is 117 cm³/mol. The van der Waals surface area contributed by atoms with Gasteiger partial charge in [0.15, 0.2) is 0 Å². The lowest BCUT2D eigenvalue weighted by Crippen LogP contribution is -2.10. The third-order valence-corrected chi connectivity index (χ3v) is 4.58. The Kier molecular flexibility index (Phi) is 7.05. The molecule has 1 heterocycles. The number of para-hydroxylation sites is 1. The molecule has 0 amide bonds. The van der Waals surface area contributed by atoms with Crippen molar-refractivity contribution in [1.29, 1.82) is 0 Å². The zero-order valence-electron chi connectivity index (χ0n) is 17.2. The van der Waals surface area contributed by atoms with Crippen LogP contribution in [0.5, 0.6) is 5.88 Å². The fraction of sp³-hybridized carbons (Fsp3) is 0.167. The molecule has 0 aliphatic rings. The number of benzene rings is 2. The lowest BCUT2D eigenvalue weighted by molar-refractivity contribution is -0.133. The Balaban J connectivity index is 1.73. The highest BCUT2D eigenvalue weighted by Crippen LogP contribution is 2.25. The van der Waals surface area contributed by atoms with Crippen molar-refractivity contribution in [2.45, 2.75) is 6.61 Å². The van der Waals surface area contributed by atoms with Crippen molar-refractivity contribution in [2.75, 3.05) is 26.2 Å². The van der Waals surface area contributed by atoms with E-state index in [0.29, 0.717) is 17.0 Å². The summed E-state index contributed by atoms with van der Waals surface area (Å²) < 4.78 is 15.8.